The number of amides is 1. The third-order valence-electron chi connectivity index (χ3n) is 6.15. The van der Waals surface area contributed by atoms with Gasteiger partial charge in [0.05, 0.1) is 13.2 Å². The summed E-state index contributed by atoms with van der Waals surface area (Å²) < 4.78 is 11.7. The van der Waals surface area contributed by atoms with Crippen LogP contribution in [0.5, 0.6) is 11.5 Å². The number of anilines is 1. The molecule has 3 aromatic rings. The van der Waals surface area contributed by atoms with Crippen molar-refractivity contribution in [3.63, 3.8) is 0 Å². The van der Waals surface area contributed by atoms with Crippen LogP contribution in [0.2, 0.25) is 0 Å². The summed E-state index contributed by atoms with van der Waals surface area (Å²) in [6.07, 6.45) is 3.23. The minimum Gasteiger partial charge on any atom is -0.490 e. The summed E-state index contributed by atoms with van der Waals surface area (Å²) in [6, 6.07) is 24.2. The van der Waals surface area contributed by atoms with Gasteiger partial charge in [-0.1, -0.05) is 36.4 Å². The Bertz CT molecular complexity index is 1070. The lowest BCUT2D eigenvalue weighted by Gasteiger charge is -2.25. The zero-order chi connectivity index (χ0) is 21.8. The van der Waals surface area contributed by atoms with E-state index in [9.17, 15) is 4.79 Å². The average Bonchev–Trinajstić information content (AvgIpc) is 3.15. The van der Waals surface area contributed by atoms with Crippen LogP contribution < -0.4 is 14.8 Å². The van der Waals surface area contributed by atoms with E-state index in [2.05, 4.69) is 34.5 Å². The Hall–Kier alpha value is -3.31. The Kier molecular flexibility index (Phi) is 6.08. The van der Waals surface area contributed by atoms with Gasteiger partial charge in [0.2, 0.25) is 0 Å². The van der Waals surface area contributed by atoms with Gasteiger partial charge >= 0.3 is 0 Å². The van der Waals surface area contributed by atoms with Gasteiger partial charge in [0.1, 0.15) is 0 Å². The molecule has 0 aliphatic carbocycles. The molecule has 1 N–H and O–H groups in total. The molecule has 0 spiro atoms. The summed E-state index contributed by atoms with van der Waals surface area (Å²) in [5.41, 5.74) is 3.96. The van der Waals surface area contributed by atoms with Crippen molar-refractivity contribution in [2.24, 2.45) is 0 Å². The van der Waals surface area contributed by atoms with Crippen LogP contribution in [0.3, 0.4) is 0 Å². The summed E-state index contributed by atoms with van der Waals surface area (Å²) in [6.45, 7) is 3.34. The van der Waals surface area contributed by atoms with E-state index in [0.717, 1.165) is 43.1 Å². The van der Waals surface area contributed by atoms with Crippen LogP contribution in [0.15, 0.2) is 72.8 Å². The second-order valence-electron chi connectivity index (χ2n) is 8.40. The van der Waals surface area contributed by atoms with Crippen molar-refractivity contribution in [2.45, 2.75) is 31.8 Å². The van der Waals surface area contributed by atoms with Crippen molar-refractivity contribution >= 4 is 11.6 Å². The van der Waals surface area contributed by atoms with Gasteiger partial charge in [-0.3, -0.25) is 9.69 Å². The highest BCUT2D eigenvalue weighted by Gasteiger charge is 2.27. The van der Waals surface area contributed by atoms with Crippen LogP contribution in [0.1, 0.15) is 46.8 Å². The monoisotopic (exact) mass is 428 g/mol. The molecular formula is C27H28N2O3. The van der Waals surface area contributed by atoms with E-state index >= 15 is 0 Å². The fraction of sp³-hybridized carbons (Fsp3) is 0.296. The van der Waals surface area contributed by atoms with E-state index in [4.69, 9.17) is 9.47 Å². The van der Waals surface area contributed by atoms with Crippen molar-refractivity contribution in [1.29, 1.82) is 0 Å². The van der Waals surface area contributed by atoms with Gasteiger partial charge in [-0.05, 0) is 66.9 Å². The molecule has 2 aliphatic rings. The molecule has 1 saturated heterocycles. The largest absolute Gasteiger partial charge is 0.490 e. The first-order valence-corrected chi connectivity index (χ1v) is 11.4. The van der Waals surface area contributed by atoms with Gasteiger partial charge in [-0.25, -0.2) is 0 Å². The molecule has 164 valence electrons. The minimum absolute atomic E-state index is 0.0889. The first-order chi connectivity index (χ1) is 15.8. The predicted molar refractivity (Wildman–Crippen MR) is 125 cm³/mol. The first kappa shape index (κ1) is 20.6. The van der Waals surface area contributed by atoms with Gasteiger partial charge < -0.3 is 14.8 Å². The molecule has 2 aliphatic heterocycles. The normalized spacial score (nSPS) is 18.2. The van der Waals surface area contributed by atoms with Crippen molar-refractivity contribution in [3.05, 3.63) is 89.5 Å². The number of carbonyl (C=O) groups excluding carboxylic acids is 1. The number of fused-ring (bicyclic) bond motifs is 1. The smallest absolute Gasteiger partial charge is 0.255 e. The number of hydrogen-bond donors (Lipinski definition) is 1. The average molecular weight is 429 g/mol. The fourth-order valence-electron chi connectivity index (χ4n) is 4.50. The van der Waals surface area contributed by atoms with E-state index in [1.165, 1.54) is 17.5 Å². The highest BCUT2D eigenvalue weighted by Crippen LogP contribution is 2.38. The summed E-state index contributed by atoms with van der Waals surface area (Å²) in [7, 11) is 0. The van der Waals surface area contributed by atoms with Crippen molar-refractivity contribution in [1.82, 2.24) is 4.90 Å². The van der Waals surface area contributed by atoms with E-state index < -0.39 is 0 Å². The van der Waals surface area contributed by atoms with Crippen molar-refractivity contribution in [3.8, 4) is 11.5 Å². The number of ether oxygens (including phenoxy) is 2. The quantitative estimate of drug-likeness (QED) is 0.588. The van der Waals surface area contributed by atoms with E-state index in [1.807, 2.05) is 48.5 Å². The van der Waals surface area contributed by atoms with Crippen LogP contribution in [-0.4, -0.2) is 30.6 Å². The van der Waals surface area contributed by atoms with Gasteiger partial charge in [0.15, 0.2) is 11.5 Å². The maximum atomic E-state index is 12.5. The zero-order valence-electron chi connectivity index (χ0n) is 18.1. The summed E-state index contributed by atoms with van der Waals surface area (Å²) >= 11 is 0. The van der Waals surface area contributed by atoms with Crippen LogP contribution in [0, 0.1) is 0 Å². The lowest BCUT2D eigenvalue weighted by molar-refractivity contribution is 0.102. The van der Waals surface area contributed by atoms with Crippen LogP contribution in [0.4, 0.5) is 5.69 Å². The van der Waals surface area contributed by atoms with Gasteiger partial charge in [0.25, 0.3) is 5.91 Å². The third-order valence-corrected chi connectivity index (χ3v) is 6.15. The molecule has 32 heavy (non-hydrogen) atoms. The molecule has 0 unspecified atom stereocenters. The highest BCUT2D eigenvalue weighted by atomic mass is 16.5. The van der Waals surface area contributed by atoms with E-state index in [1.54, 1.807) is 0 Å². The standard InChI is InChI=1S/C27H28N2O3/c30-27(28-23-6-2-1-3-7-23)21-11-9-20(10-12-21)19-29-15-4-8-24(29)22-13-14-25-26(18-22)32-17-5-16-31-25/h1-3,6-7,9-14,18,24H,4-5,8,15-17,19H2,(H,28,30)/t24-/m1/s1. The molecular weight excluding hydrogens is 400 g/mol. The number of nitrogens with one attached hydrogen (secondary N) is 1. The fourth-order valence-corrected chi connectivity index (χ4v) is 4.50. The molecule has 0 aromatic heterocycles. The summed E-state index contributed by atoms with van der Waals surface area (Å²) in [5, 5.41) is 2.94. The number of hydrogen-bond acceptors (Lipinski definition) is 4. The highest BCUT2D eigenvalue weighted by molar-refractivity contribution is 6.04. The molecule has 5 rings (SSSR count). The Morgan fingerprint density at radius 3 is 2.50 bits per heavy atom. The number of rotatable bonds is 5. The molecule has 1 fully saturated rings. The number of benzene rings is 3. The molecule has 0 bridgehead atoms. The number of nitrogens with zero attached hydrogens (tertiary/aromatic N) is 1. The second-order valence-corrected chi connectivity index (χ2v) is 8.40. The van der Waals surface area contributed by atoms with Crippen LogP contribution >= 0.6 is 0 Å². The summed E-state index contributed by atoms with van der Waals surface area (Å²) in [4.78, 5) is 15.0. The predicted octanol–water partition coefficient (Wildman–Crippen LogP) is 5.44. The topological polar surface area (TPSA) is 50.8 Å². The van der Waals surface area contributed by atoms with E-state index in [0.29, 0.717) is 24.8 Å². The maximum Gasteiger partial charge on any atom is 0.255 e. The van der Waals surface area contributed by atoms with Gasteiger partial charge in [-0.15, -0.1) is 0 Å². The van der Waals surface area contributed by atoms with Gasteiger partial charge in [0, 0.05) is 30.3 Å². The maximum absolute atomic E-state index is 12.5. The molecule has 1 atom stereocenters. The van der Waals surface area contributed by atoms with Crippen molar-refractivity contribution in [2.75, 3.05) is 25.1 Å². The van der Waals surface area contributed by atoms with Crippen molar-refractivity contribution < 1.29 is 14.3 Å². The number of likely N-dealkylation sites (tertiary alicyclic amines) is 1. The lowest BCUT2D eigenvalue weighted by atomic mass is 10.0. The van der Waals surface area contributed by atoms with Gasteiger partial charge in [-0.2, -0.15) is 0 Å². The van der Waals surface area contributed by atoms with Crippen LogP contribution in [-0.2, 0) is 6.54 Å². The second kappa shape index (κ2) is 9.45. The summed E-state index contributed by atoms with van der Waals surface area (Å²) in [5.74, 6) is 1.62. The lowest BCUT2D eigenvalue weighted by Crippen LogP contribution is -2.23. The zero-order valence-corrected chi connectivity index (χ0v) is 18.1. The Morgan fingerprint density at radius 1 is 0.906 bits per heavy atom. The molecule has 0 radical (unpaired) electrons. The van der Waals surface area contributed by atoms with Crippen LogP contribution in [0.25, 0.3) is 0 Å². The molecule has 3 aromatic carbocycles. The Balaban J connectivity index is 1.25. The Morgan fingerprint density at radius 2 is 1.69 bits per heavy atom. The Labute approximate surface area is 189 Å². The molecule has 5 heteroatoms. The number of para-hydroxylation sites is 1. The molecule has 5 nitrogen and oxygen atoms in total. The molecule has 1 amide bonds. The minimum atomic E-state index is -0.0889. The van der Waals surface area contributed by atoms with E-state index in [-0.39, 0.29) is 5.91 Å². The SMILES string of the molecule is O=C(Nc1ccccc1)c1ccc(CN2CCC[C@@H]2c2ccc3c(c2)OCCCO3)cc1. The first-order valence-electron chi connectivity index (χ1n) is 11.4. The third kappa shape index (κ3) is 4.63. The molecule has 0 saturated carbocycles. The molecule has 2 heterocycles. The number of carbonyl (C=O) groups is 1.